The number of nitrogen functional groups attached to an aromatic ring is 1. The van der Waals surface area contributed by atoms with Crippen LogP contribution in [0.25, 0.3) is 0 Å². The summed E-state index contributed by atoms with van der Waals surface area (Å²) in [4.78, 5) is 13.5. The van der Waals surface area contributed by atoms with Crippen LogP contribution in [0.5, 0.6) is 0 Å². The zero-order valence-electron chi connectivity index (χ0n) is 9.46. The average Bonchev–Trinajstić information content (AvgIpc) is 2.21. The maximum Gasteiger partial charge on any atom is 0.254 e. The molecule has 0 aromatic heterocycles. The van der Waals surface area contributed by atoms with Crippen molar-refractivity contribution in [1.29, 1.82) is 0 Å². The predicted molar refractivity (Wildman–Crippen MR) is 61.7 cm³/mol. The maximum absolute atomic E-state index is 13.4. The van der Waals surface area contributed by atoms with E-state index in [1.807, 2.05) is 19.0 Å². The second-order valence-corrected chi connectivity index (χ2v) is 3.77. The number of carbonyl (C=O) groups excluding carboxylic acids is 1. The fraction of sp³-hybridized carbons (Fsp3) is 0.364. The van der Waals surface area contributed by atoms with Crippen molar-refractivity contribution in [3.63, 3.8) is 0 Å². The first kappa shape index (κ1) is 12.4. The van der Waals surface area contributed by atoms with Gasteiger partial charge in [0.25, 0.3) is 5.91 Å². The van der Waals surface area contributed by atoms with Crippen molar-refractivity contribution in [3.05, 3.63) is 29.6 Å². The van der Waals surface area contributed by atoms with E-state index >= 15 is 0 Å². The molecule has 1 aromatic rings. The standard InChI is InChI=1S/C11H16FN3O/c1-15(2)7-6-14-11(16)8-4-3-5-9(13)10(8)12/h3-5H,6-7,13H2,1-2H3,(H,14,16). The van der Waals surface area contributed by atoms with Crippen LogP contribution in [-0.4, -0.2) is 38.0 Å². The van der Waals surface area contributed by atoms with Gasteiger partial charge in [0.15, 0.2) is 5.82 Å². The van der Waals surface area contributed by atoms with Crippen LogP contribution in [0.3, 0.4) is 0 Å². The molecule has 4 nitrogen and oxygen atoms in total. The molecule has 0 aliphatic carbocycles. The minimum absolute atomic E-state index is 0.0136. The molecule has 0 radical (unpaired) electrons. The second-order valence-electron chi connectivity index (χ2n) is 3.77. The summed E-state index contributed by atoms with van der Waals surface area (Å²) >= 11 is 0. The summed E-state index contributed by atoms with van der Waals surface area (Å²) in [6.07, 6.45) is 0. The second kappa shape index (κ2) is 5.46. The lowest BCUT2D eigenvalue weighted by Gasteiger charge is -2.11. The Balaban J connectivity index is 2.63. The molecule has 16 heavy (non-hydrogen) atoms. The molecule has 0 aliphatic rings. The SMILES string of the molecule is CN(C)CCNC(=O)c1cccc(N)c1F. The van der Waals surface area contributed by atoms with Crippen molar-refractivity contribution >= 4 is 11.6 Å². The number of nitrogens with zero attached hydrogens (tertiary/aromatic N) is 1. The molecule has 0 spiro atoms. The van der Waals surface area contributed by atoms with Crippen LogP contribution in [-0.2, 0) is 0 Å². The molecule has 0 heterocycles. The Bertz CT molecular complexity index is 379. The first-order valence-corrected chi connectivity index (χ1v) is 4.99. The summed E-state index contributed by atoms with van der Waals surface area (Å²) in [5, 5.41) is 2.62. The van der Waals surface area contributed by atoms with Crippen LogP contribution in [0.1, 0.15) is 10.4 Å². The lowest BCUT2D eigenvalue weighted by atomic mass is 10.1. The van der Waals surface area contributed by atoms with Gasteiger partial charge in [0.2, 0.25) is 0 Å². The van der Waals surface area contributed by atoms with Gasteiger partial charge in [-0.25, -0.2) is 4.39 Å². The van der Waals surface area contributed by atoms with Crippen molar-refractivity contribution in [1.82, 2.24) is 10.2 Å². The van der Waals surface area contributed by atoms with Crippen LogP contribution in [0.15, 0.2) is 18.2 Å². The highest BCUT2D eigenvalue weighted by molar-refractivity contribution is 5.95. The van der Waals surface area contributed by atoms with Crippen LogP contribution < -0.4 is 11.1 Å². The van der Waals surface area contributed by atoms with E-state index in [2.05, 4.69) is 5.32 Å². The van der Waals surface area contributed by atoms with Gasteiger partial charge in [-0.2, -0.15) is 0 Å². The summed E-state index contributed by atoms with van der Waals surface area (Å²) in [6.45, 7) is 1.18. The van der Waals surface area contributed by atoms with Gasteiger partial charge in [0, 0.05) is 13.1 Å². The minimum atomic E-state index is -0.662. The summed E-state index contributed by atoms with van der Waals surface area (Å²) in [7, 11) is 3.79. The van der Waals surface area contributed by atoms with Gasteiger partial charge in [-0.1, -0.05) is 6.07 Å². The normalized spacial score (nSPS) is 10.5. The Kier molecular flexibility index (Phi) is 4.25. The lowest BCUT2D eigenvalue weighted by molar-refractivity contribution is 0.0947. The molecular weight excluding hydrogens is 209 g/mol. The van der Waals surface area contributed by atoms with Gasteiger partial charge < -0.3 is 16.0 Å². The van der Waals surface area contributed by atoms with E-state index in [0.717, 1.165) is 0 Å². The lowest BCUT2D eigenvalue weighted by Crippen LogP contribution is -2.31. The smallest absolute Gasteiger partial charge is 0.254 e. The molecular formula is C11H16FN3O. The molecule has 1 rings (SSSR count). The number of nitrogens with two attached hydrogens (primary N) is 1. The first-order valence-electron chi connectivity index (χ1n) is 4.99. The van der Waals surface area contributed by atoms with Crippen molar-refractivity contribution in [2.24, 2.45) is 0 Å². The van der Waals surface area contributed by atoms with Crippen LogP contribution in [0.2, 0.25) is 0 Å². The van der Waals surface area contributed by atoms with Gasteiger partial charge in [-0.05, 0) is 26.2 Å². The third-order valence-corrected chi connectivity index (χ3v) is 2.12. The summed E-state index contributed by atoms with van der Waals surface area (Å²) < 4.78 is 13.4. The van der Waals surface area contributed by atoms with Gasteiger partial charge in [-0.15, -0.1) is 0 Å². The third kappa shape index (κ3) is 3.20. The molecule has 0 aliphatic heterocycles. The fourth-order valence-electron chi connectivity index (χ4n) is 1.21. The number of nitrogens with one attached hydrogen (secondary N) is 1. The Morgan fingerprint density at radius 2 is 2.19 bits per heavy atom. The van der Waals surface area contributed by atoms with Gasteiger partial charge in [0.1, 0.15) is 0 Å². The fourth-order valence-corrected chi connectivity index (χ4v) is 1.21. The van der Waals surface area contributed by atoms with Gasteiger partial charge in [-0.3, -0.25) is 4.79 Å². The molecule has 1 aromatic carbocycles. The number of carbonyl (C=O) groups is 1. The quantitative estimate of drug-likeness (QED) is 0.742. The van der Waals surface area contributed by atoms with Crippen LogP contribution in [0.4, 0.5) is 10.1 Å². The van der Waals surface area contributed by atoms with E-state index in [9.17, 15) is 9.18 Å². The van der Waals surface area contributed by atoms with E-state index in [0.29, 0.717) is 13.1 Å². The topological polar surface area (TPSA) is 58.4 Å². The number of anilines is 1. The number of rotatable bonds is 4. The minimum Gasteiger partial charge on any atom is -0.396 e. The Morgan fingerprint density at radius 1 is 1.50 bits per heavy atom. The molecule has 5 heteroatoms. The molecule has 0 bridgehead atoms. The number of halogens is 1. The molecule has 0 saturated carbocycles. The highest BCUT2D eigenvalue weighted by Gasteiger charge is 2.12. The van der Waals surface area contributed by atoms with E-state index in [1.165, 1.54) is 12.1 Å². The van der Waals surface area contributed by atoms with E-state index in [-0.39, 0.29) is 11.3 Å². The summed E-state index contributed by atoms with van der Waals surface area (Å²) in [5.74, 6) is -1.10. The number of likely N-dealkylation sites (N-methyl/N-ethyl adjacent to an activating group) is 1. The van der Waals surface area contributed by atoms with Crippen LogP contribution in [0, 0.1) is 5.82 Å². The molecule has 1 amide bonds. The van der Waals surface area contributed by atoms with E-state index in [1.54, 1.807) is 6.07 Å². The Morgan fingerprint density at radius 3 is 2.81 bits per heavy atom. The number of hydrogen-bond donors (Lipinski definition) is 2. The van der Waals surface area contributed by atoms with E-state index in [4.69, 9.17) is 5.73 Å². The van der Waals surface area contributed by atoms with Crippen molar-refractivity contribution in [2.45, 2.75) is 0 Å². The Labute approximate surface area is 94.2 Å². The highest BCUT2D eigenvalue weighted by Crippen LogP contribution is 2.14. The molecule has 3 N–H and O–H groups in total. The molecule has 0 atom stereocenters. The largest absolute Gasteiger partial charge is 0.396 e. The maximum atomic E-state index is 13.4. The van der Waals surface area contributed by atoms with Crippen molar-refractivity contribution < 1.29 is 9.18 Å². The monoisotopic (exact) mass is 225 g/mol. The van der Waals surface area contributed by atoms with E-state index < -0.39 is 11.7 Å². The third-order valence-electron chi connectivity index (χ3n) is 2.12. The van der Waals surface area contributed by atoms with Gasteiger partial charge >= 0.3 is 0 Å². The van der Waals surface area contributed by atoms with Gasteiger partial charge in [0.05, 0.1) is 11.3 Å². The number of hydrogen-bond acceptors (Lipinski definition) is 3. The van der Waals surface area contributed by atoms with Crippen molar-refractivity contribution in [3.8, 4) is 0 Å². The Hall–Kier alpha value is -1.62. The number of benzene rings is 1. The highest BCUT2D eigenvalue weighted by atomic mass is 19.1. The zero-order chi connectivity index (χ0) is 12.1. The molecule has 0 unspecified atom stereocenters. The zero-order valence-corrected chi connectivity index (χ0v) is 9.46. The number of amides is 1. The predicted octanol–water partition coefficient (Wildman–Crippen LogP) is 0.699. The first-order chi connectivity index (χ1) is 7.52. The van der Waals surface area contributed by atoms with Crippen LogP contribution >= 0.6 is 0 Å². The van der Waals surface area contributed by atoms with Crippen molar-refractivity contribution in [2.75, 3.05) is 32.9 Å². The molecule has 0 fully saturated rings. The summed E-state index contributed by atoms with van der Waals surface area (Å²) in [6, 6.07) is 4.39. The molecule has 88 valence electrons. The summed E-state index contributed by atoms with van der Waals surface area (Å²) in [5.41, 5.74) is 5.34. The average molecular weight is 225 g/mol. The molecule has 0 saturated heterocycles.